The maximum atomic E-state index is 4.06. The number of aryl methyl sites for hydroxylation is 3. The van der Waals surface area contributed by atoms with E-state index in [4.69, 9.17) is 0 Å². The first kappa shape index (κ1) is 14.2. The molecule has 102 valence electrons. The maximum Gasteiger partial charge on any atom is 0.153 e. The van der Waals surface area contributed by atoms with Crippen LogP contribution in [0.5, 0.6) is 0 Å². The van der Waals surface area contributed by atoms with Crippen LogP contribution in [-0.2, 0) is 13.5 Å². The van der Waals surface area contributed by atoms with E-state index in [2.05, 4.69) is 63.6 Å². The standard InChI is InChI=1S/C14H19BrN4/c1-9-5-6-10(2)11(7-9)8-12(16-3)13-14(15)17-18-19(13)4/h5-7,12,16H,8H2,1-4H3. The molecule has 2 rings (SSSR count). The fourth-order valence-electron chi connectivity index (χ4n) is 2.28. The second-order valence-corrected chi connectivity index (χ2v) is 5.62. The molecule has 1 aromatic carbocycles. The summed E-state index contributed by atoms with van der Waals surface area (Å²) in [4.78, 5) is 0. The Balaban J connectivity index is 2.32. The molecule has 0 bridgehead atoms. The number of hydrogen-bond donors (Lipinski definition) is 1. The Morgan fingerprint density at radius 3 is 2.68 bits per heavy atom. The van der Waals surface area contributed by atoms with Gasteiger partial charge in [0, 0.05) is 7.05 Å². The molecule has 19 heavy (non-hydrogen) atoms. The van der Waals surface area contributed by atoms with Gasteiger partial charge in [0.1, 0.15) is 0 Å². The van der Waals surface area contributed by atoms with Gasteiger partial charge in [0.25, 0.3) is 0 Å². The second-order valence-electron chi connectivity index (χ2n) is 4.86. The quantitative estimate of drug-likeness (QED) is 0.941. The number of likely N-dealkylation sites (N-methyl/N-ethyl adjacent to an activating group) is 1. The van der Waals surface area contributed by atoms with Crippen molar-refractivity contribution in [3.8, 4) is 0 Å². The summed E-state index contributed by atoms with van der Waals surface area (Å²) in [7, 11) is 3.88. The Bertz CT molecular complexity index is 557. The monoisotopic (exact) mass is 322 g/mol. The van der Waals surface area contributed by atoms with Crippen molar-refractivity contribution in [2.45, 2.75) is 26.3 Å². The molecule has 0 aliphatic rings. The van der Waals surface area contributed by atoms with Gasteiger partial charge in [-0.05, 0) is 54.4 Å². The van der Waals surface area contributed by atoms with E-state index in [1.54, 1.807) is 0 Å². The van der Waals surface area contributed by atoms with E-state index in [1.165, 1.54) is 16.7 Å². The van der Waals surface area contributed by atoms with Crippen molar-refractivity contribution < 1.29 is 0 Å². The lowest BCUT2D eigenvalue weighted by Gasteiger charge is -2.18. The van der Waals surface area contributed by atoms with Crippen molar-refractivity contribution in [3.63, 3.8) is 0 Å². The number of halogens is 1. The Morgan fingerprint density at radius 1 is 1.37 bits per heavy atom. The van der Waals surface area contributed by atoms with Gasteiger partial charge in [0.15, 0.2) is 4.60 Å². The normalized spacial score (nSPS) is 12.7. The van der Waals surface area contributed by atoms with Crippen molar-refractivity contribution in [2.75, 3.05) is 7.05 Å². The van der Waals surface area contributed by atoms with E-state index in [-0.39, 0.29) is 6.04 Å². The lowest BCUT2D eigenvalue weighted by atomic mass is 9.97. The third-order valence-electron chi connectivity index (χ3n) is 3.43. The number of nitrogens with zero attached hydrogens (tertiary/aromatic N) is 3. The van der Waals surface area contributed by atoms with Crippen LogP contribution in [0.15, 0.2) is 22.8 Å². The Morgan fingerprint density at radius 2 is 2.11 bits per heavy atom. The SMILES string of the molecule is CNC(Cc1cc(C)ccc1C)c1c(Br)nnn1C. The van der Waals surface area contributed by atoms with Crippen LogP contribution in [0, 0.1) is 13.8 Å². The Labute approximate surface area is 122 Å². The van der Waals surface area contributed by atoms with E-state index >= 15 is 0 Å². The van der Waals surface area contributed by atoms with Crippen molar-refractivity contribution in [1.29, 1.82) is 0 Å². The maximum absolute atomic E-state index is 4.06. The van der Waals surface area contributed by atoms with Gasteiger partial charge in [-0.1, -0.05) is 29.0 Å². The largest absolute Gasteiger partial charge is 0.311 e. The molecule has 1 heterocycles. The summed E-state index contributed by atoms with van der Waals surface area (Å²) >= 11 is 3.47. The summed E-state index contributed by atoms with van der Waals surface area (Å²) in [5.74, 6) is 0. The van der Waals surface area contributed by atoms with Gasteiger partial charge < -0.3 is 5.32 Å². The van der Waals surface area contributed by atoms with Crippen molar-refractivity contribution in [1.82, 2.24) is 20.3 Å². The number of rotatable bonds is 4. The fraction of sp³-hybridized carbons (Fsp3) is 0.429. The molecule has 5 heteroatoms. The molecule has 0 saturated heterocycles. The third-order valence-corrected chi connectivity index (χ3v) is 4.00. The van der Waals surface area contributed by atoms with Gasteiger partial charge in [-0.3, -0.25) is 0 Å². The highest BCUT2D eigenvalue weighted by Gasteiger charge is 2.19. The first-order chi connectivity index (χ1) is 9.02. The summed E-state index contributed by atoms with van der Waals surface area (Å²) in [5.41, 5.74) is 5.03. The molecule has 0 amide bonds. The molecule has 0 radical (unpaired) electrons. The zero-order chi connectivity index (χ0) is 14.0. The van der Waals surface area contributed by atoms with Gasteiger partial charge in [-0.2, -0.15) is 0 Å². The molecular weight excluding hydrogens is 304 g/mol. The first-order valence-electron chi connectivity index (χ1n) is 6.31. The molecular formula is C14H19BrN4. The molecule has 0 aliphatic heterocycles. The molecule has 0 fully saturated rings. The predicted octanol–water partition coefficient (Wildman–Crippen LogP) is 2.70. The lowest BCUT2D eigenvalue weighted by molar-refractivity contribution is 0.532. The highest BCUT2D eigenvalue weighted by molar-refractivity contribution is 9.10. The van der Waals surface area contributed by atoms with Gasteiger partial charge in [0.05, 0.1) is 11.7 Å². The molecule has 1 unspecified atom stereocenters. The van der Waals surface area contributed by atoms with Gasteiger partial charge in [-0.25, -0.2) is 4.68 Å². The van der Waals surface area contributed by atoms with E-state index in [0.29, 0.717) is 0 Å². The van der Waals surface area contributed by atoms with Crippen LogP contribution in [0.2, 0.25) is 0 Å². The number of nitrogens with one attached hydrogen (secondary N) is 1. The third kappa shape index (κ3) is 3.04. The van der Waals surface area contributed by atoms with Crippen molar-refractivity contribution >= 4 is 15.9 Å². The predicted molar refractivity (Wildman–Crippen MR) is 80.1 cm³/mol. The topological polar surface area (TPSA) is 42.7 Å². The van der Waals surface area contributed by atoms with Crippen molar-refractivity contribution in [2.24, 2.45) is 7.05 Å². The van der Waals surface area contributed by atoms with Gasteiger partial charge in [-0.15, -0.1) is 5.10 Å². The average molecular weight is 323 g/mol. The van der Waals surface area contributed by atoms with Gasteiger partial charge >= 0.3 is 0 Å². The van der Waals surface area contributed by atoms with Crippen LogP contribution in [0.3, 0.4) is 0 Å². The highest BCUT2D eigenvalue weighted by atomic mass is 79.9. The zero-order valence-electron chi connectivity index (χ0n) is 11.7. The van der Waals surface area contributed by atoms with Gasteiger partial charge in [0.2, 0.25) is 0 Å². The average Bonchev–Trinajstić information content (AvgIpc) is 2.71. The molecule has 1 atom stereocenters. The van der Waals surface area contributed by atoms with Crippen molar-refractivity contribution in [3.05, 3.63) is 45.2 Å². The number of aromatic nitrogens is 3. The minimum atomic E-state index is 0.190. The van der Waals surface area contributed by atoms with Crippen LogP contribution in [0.25, 0.3) is 0 Å². The Kier molecular flexibility index (Phi) is 4.37. The second kappa shape index (κ2) is 5.84. The fourth-order valence-corrected chi connectivity index (χ4v) is 2.89. The summed E-state index contributed by atoms with van der Waals surface area (Å²) in [6.45, 7) is 4.27. The molecule has 1 N–H and O–H groups in total. The molecule has 0 aliphatic carbocycles. The molecule has 2 aromatic rings. The number of benzene rings is 1. The first-order valence-corrected chi connectivity index (χ1v) is 7.10. The van der Waals surface area contributed by atoms with E-state index in [1.807, 2.05) is 18.8 Å². The molecule has 0 saturated carbocycles. The minimum Gasteiger partial charge on any atom is -0.311 e. The number of hydrogen-bond acceptors (Lipinski definition) is 3. The molecule has 0 spiro atoms. The van der Waals surface area contributed by atoms with E-state index < -0.39 is 0 Å². The van der Waals surface area contributed by atoms with Crippen LogP contribution >= 0.6 is 15.9 Å². The zero-order valence-corrected chi connectivity index (χ0v) is 13.3. The molecule has 1 aromatic heterocycles. The van der Waals surface area contributed by atoms with Crippen LogP contribution in [0.4, 0.5) is 0 Å². The molecule has 4 nitrogen and oxygen atoms in total. The summed E-state index contributed by atoms with van der Waals surface area (Å²) in [6.07, 6.45) is 0.920. The summed E-state index contributed by atoms with van der Waals surface area (Å²) in [6, 6.07) is 6.76. The highest BCUT2D eigenvalue weighted by Crippen LogP contribution is 2.25. The van der Waals surface area contributed by atoms with E-state index in [9.17, 15) is 0 Å². The summed E-state index contributed by atoms with van der Waals surface area (Å²) < 4.78 is 2.62. The van der Waals surface area contributed by atoms with Crippen LogP contribution in [0.1, 0.15) is 28.4 Å². The summed E-state index contributed by atoms with van der Waals surface area (Å²) in [5, 5.41) is 11.5. The minimum absolute atomic E-state index is 0.190. The Hall–Kier alpha value is -1.20. The van der Waals surface area contributed by atoms with Crippen LogP contribution < -0.4 is 5.32 Å². The lowest BCUT2D eigenvalue weighted by Crippen LogP contribution is -2.22. The van der Waals surface area contributed by atoms with E-state index in [0.717, 1.165) is 16.7 Å². The van der Waals surface area contributed by atoms with Crippen LogP contribution in [-0.4, -0.2) is 22.0 Å². The smallest absolute Gasteiger partial charge is 0.153 e.